The largest absolute Gasteiger partial charge is 0.507 e. The molecule has 2 heterocycles. The fourth-order valence-electron chi connectivity index (χ4n) is 3.56. The molecule has 2 aromatic carbocycles. The van der Waals surface area contributed by atoms with Gasteiger partial charge in [-0.3, -0.25) is 14.5 Å². The molecule has 9 heteroatoms. The molecule has 32 heavy (non-hydrogen) atoms. The van der Waals surface area contributed by atoms with E-state index in [2.05, 4.69) is 5.16 Å². The first-order valence-corrected chi connectivity index (χ1v) is 10.5. The average molecular weight is 473 g/mol. The predicted octanol–water partition coefficient (Wildman–Crippen LogP) is 5.31. The average Bonchev–Trinajstić information content (AvgIpc) is 3.31. The SMILES string of the molecule is CCOc1ccc(C(O)=C2C(=O)C(=O)N(c3cc(C)on3)[C@H]2c2ccc(Cl)c(Cl)c2)cc1. The highest BCUT2D eigenvalue weighted by Crippen LogP contribution is 2.43. The molecule has 1 amide bonds. The van der Waals surface area contributed by atoms with Crippen LogP contribution in [0.4, 0.5) is 5.82 Å². The lowest BCUT2D eigenvalue weighted by atomic mass is 9.95. The van der Waals surface area contributed by atoms with Crippen LogP contribution in [0.15, 0.2) is 58.6 Å². The number of ketones is 1. The molecule has 0 bridgehead atoms. The summed E-state index contributed by atoms with van der Waals surface area (Å²) in [7, 11) is 0. The van der Waals surface area contributed by atoms with Crippen molar-refractivity contribution in [3.05, 3.63) is 81.0 Å². The molecule has 1 atom stereocenters. The van der Waals surface area contributed by atoms with Gasteiger partial charge in [0.05, 0.1) is 28.3 Å². The Morgan fingerprint density at radius 2 is 1.84 bits per heavy atom. The molecular formula is C23H18Cl2N2O5. The first-order valence-electron chi connectivity index (χ1n) is 9.74. The highest BCUT2D eigenvalue weighted by molar-refractivity contribution is 6.51. The minimum Gasteiger partial charge on any atom is -0.507 e. The molecule has 0 unspecified atom stereocenters. The summed E-state index contributed by atoms with van der Waals surface area (Å²) in [5, 5.41) is 15.5. The number of rotatable bonds is 5. The number of anilines is 1. The second-order valence-corrected chi connectivity index (χ2v) is 7.91. The van der Waals surface area contributed by atoms with Crippen molar-refractivity contribution in [1.29, 1.82) is 0 Å². The van der Waals surface area contributed by atoms with E-state index in [9.17, 15) is 14.7 Å². The molecule has 1 aromatic heterocycles. The molecule has 0 radical (unpaired) electrons. The van der Waals surface area contributed by atoms with Crippen LogP contribution < -0.4 is 9.64 Å². The Balaban J connectivity index is 1.90. The van der Waals surface area contributed by atoms with Crippen LogP contribution in [0.5, 0.6) is 5.75 Å². The number of carbonyl (C=O) groups is 2. The van der Waals surface area contributed by atoms with Gasteiger partial charge >= 0.3 is 5.91 Å². The van der Waals surface area contributed by atoms with Crippen LogP contribution in [0, 0.1) is 6.92 Å². The summed E-state index contributed by atoms with van der Waals surface area (Å²) >= 11 is 12.3. The zero-order valence-corrected chi connectivity index (χ0v) is 18.6. The van der Waals surface area contributed by atoms with Gasteiger partial charge in [0.15, 0.2) is 5.82 Å². The Hall–Kier alpha value is -3.29. The molecule has 0 aliphatic carbocycles. The van der Waals surface area contributed by atoms with E-state index < -0.39 is 17.7 Å². The van der Waals surface area contributed by atoms with Crippen molar-refractivity contribution in [2.45, 2.75) is 19.9 Å². The Bertz CT molecular complexity index is 1230. The highest BCUT2D eigenvalue weighted by Gasteiger charge is 2.48. The van der Waals surface area contributed by atoms with E-state index in [4.69, 9.17) is 32.5 Å². The maximum Gasteiger partial charge on any atom is 0.301 e. The number of amides is 1. The molecule has 1 N–H and O–H groups in total. The number of benzene rings is 2. The summed E-state index contributed by atoms with van der Waals surface area (Å²) in [6.07, 6.45) is 0. The van der Waals surface area contributed by atoms with Crippen molar-refractivity contribution in [1.82, 2.24) is 5.16 Å². The smallest absolute Gasteiger partial charge is 0.301 e. The van der Waals surface area contributed by atoms with Gasteiger partial charge in [-0.25, -0.2) is 0 Å². The van der Waals surface area contributed by atoms with Crippen LogP contribution in [-0.4, -0.2) is 28.6 Å². The van der Waals surface area contributed by atoms with Crippen LogP contribution >= 0.6 is 23.2 Å². The first kappa shape index (κ1) is 21.9. The molecule has 4 rings (SSSR count). The zero-order chi connectivity index (χ0) is 23.0. The van der Waals surface area contributed by atoms with E-state index in [1.807, 2.05) is 6.92 Å². The van der Waals surface area contributed by atoms with Crippen molar-refractivity contribution in [2.24, 2.45) is 0 Å². The highest BCUT2D eigenvalue weighted by atomic mass is 35.5. The van der Waals surface area contributed by atoms with Crippen LogP contribution in [0.25, 0.3) is 5.76 Å². The summed E-state index contributed by atoms with van der Waals surface area (Å²) in [4.78, 5) is 27.2. The van der Waals surface area contributed by atoms with Crippen molar-refractivity contribution >= 4 is 46.5 Å². The van der Waals surface area contributed by atoms with Gasteiger partial charge in [-0.15, -0.1) is 0 Å². The number of aryl methyl sites for hydroxylation is 1. The standard InChI is InChI=1S/C23H18Cl2N2O5/c1-3-31-15-7-4-13(5-8-15)21(28)19-20(14-6-9-16(24)17(25)11-14)27(23(30)22(19)29)18-10-12(2)32-26-18/h4-11,20,28H,3H2,1-2H3/t20-/m0/s1. The predicted molar refractivity (Wildman–Crippen MR) is 120 cm³/mol. The molecule has 1 fully saturated rings. The third-order valence-electron chi connectivity index (χ3n) is 5.00. The fraction of sp³-hybridized carbons (Fsp3) is 0.174. The zero-order valence-electron chi connectivity index (χ0n) is 17.1. The van der Waals surface area contributed by atoms with Gasteiger partial charge in [-0.2, -0.15) is 0 Å². The molecule has 0 spiro atoms. The lowest BCUT2D eigenvalue weighted by Gasteiger charge is -2.23. The third kappa shape index (κ3) is 3.85. The number of halogens is 2. The summed E-state index contributed by atoms with van der Waals surface area (Å²) in [5.74, 6) is -0.809. The Morgan fingerprint density at radius 1 is 1.12 bits per heavy atom. The fourth-order valence-corrected chi connectivity index (χ4v) is 3.87. The summed E-state index contributed by atoms with van der Waals surface area (Å²) in [6, 6.07) is 11.9. The van der Waals surface area contributed by atoms with Crippen molar-refractivity contribution in [2.75, 3.05) is 11.5 Å². The summed E-state index contributed by atoms with van der Waals surface area (Å²) < 4.78 is 10.5. The Labute approximate surface area is 193 Å². The first-order chi connectivity index (χ1) is 15.3. The topological polar surface area (TPSA) is 92.9 Å². The number of nitrogens with zero attached hydrogens (tertiary/aromatic N) is 2. The van der Waals surface area contributed by atoms with Gasteiger partial charge < -0.3 is 14.4 Å². The van der Waals surface area contributed by atoms with Gasteiger partial charge in [-0.1, -0.05) is 34.4 Å². The van der Waals surface area contributed by atoms with Gasteiger partial charge in [-0.05, 0) is 55.8 Å². The van der Waals surface area contributed by atoms with Crippen molar-refractivity contribution < 1.29 is 24.0 Å². The third-order valence-corrected chi connectivity index (χ3v) is 5.74. The van der Waals surface area contributed by atoms with E-state index in [1.165, 1.54) is 11.0 Å². The van der Waals surface area contributed by atoms with E-state index in [0.717, 1.165) is 0 Å². The van der Waals surface area contributed by atoms with E-state index >= 15 is 0 Å². The molecule has 1 aliphatic heterocycles. The number of hydrogen-bond acceptors (Lipinski definition) is 6. The van der Waals surface area contributed by atoms with Gasteiger partial charge in [0.25, 0.3) is 5.78 Å². The molecule has 1 aliphatic rings. The number of carbonyl (C=O) groups excluding carboxylic acids is 2. The van der Waals surface area contributed by atoms with Gasteiger partial charge in [0.2, 0.25) is 0 Å². The number of aliphatic hydroxyl groups is 1. The van der Waals surface area contributed by atoms with E-state index in [0.29, 0.717) is 34.3 Å². The second kappa shape index (κ2) is 8.68. The number of aliphatic hydroxyl groups excluding tert-OH is 1. The van der Waals surface area contributed by atoms with E-state index in [1.54, 1.807) is 49.4 Å². The molecular weight excluding hydrogens is 455 g/mol. The van der Waals surface area contributed by atoms with E-state index in [-0.39, 0.29) is 22.2 Å². The van der Waals surface area contributed by atoms with Crippen LogP contribution in [-0.2, 0) is 9.59 Å². The Kier molecular flexibility index (Phi) is 5.95. The molecule has 164 valence electrons. The summed E-state index contributed by atoms with van der Waals surface area (Å²) in [5.41, 5.74) is 0.734. The Morgan fingerprint density at radius 3 is 2.44 bits per heavy atom. The quantitative estimate of drug-likeness (QED) is 0.307. The number of aromatic nitrogens is 1. The monoisotopic (exact) mass is 472 g/mol. The number of Topliss-reactive ketones (excluding diaryl/α,β-unsaturated/α-hetero) is 1. The van der Waals surface area contributed by atoms with Crippen LogP contribution in [0.3, 0.4) is 0 Å². The normalized spacial score (nSPS) is 17.8. The second-order valence-electron chi connectivity index (χ2n) is 7.10. The van der Waals surface area contributed by atoms with Crippen LogP contribution in [0.1, 0.15) is 29.9 Å². The number of ether oxygens (including phenoxy) is 1. The lowest BCUT2D eigenvalue weighted by molar-refractivity contribution is -0.132. The maximum atomic E-state index is 13.1. The minimum atomic E-state index is -0.985. The lowest BCUT2D eigenvalue weighted by Crippen LogP contribution is -2.29. The molecule has 3 aromatic rings. The van der Waals surface area contributed by atoms with Crippen LogP contribution in [0.2, 0.25) is 10.0 Å². The number of hydrogen-bond donors (Lipinski definition) is 1. The minimum absolute atomic E-state index is 0.0989. The van der Waals surface area contributed by atoms with Gasteiger partial charge in [0.1, 0.15) is 17.3 Å². The van der Waals surface area contributed by atoms with Crippen molar-refractivity contribution in [3.63, 3.8) is 0 Å². The maximum absolute atomic E-state index is 13.1. The molecule has 7 nitrogen and oxygen atoms in total. The molecule has 0 saturated carbocycles. The molecule has 1 saturated heterocycles. The summed E-state index contributed by atoms with van der Waals surface area (Å²) in [6.45, 7) is 4.02. The van der Waals surface area contributed by atoms with Crippen molar-refractivity contribution in [3.8, 4) is 5.75 Å². The van der Waals surface area contributed by atoms with Gasteiger partial charge in [0, 0.05) is 11.6 Å².